The van der Waals surface area contributed by atoms with Crippen LogP contribution in [-0.4, -0.2) is 28.1 Å². The first-order chi connectivity index (χ1) is 3.55. The third kappa shape index (κ3) is 2.21. The highest BCUT2D eigenvalue weighted by atomic mass is 31.0. The van der Waals surface area contributed by atoms with E-state index in [4.69, 9.17) is 15.9 Å². The zero-order chi connectivity index (χ0) is 6.73. The Morgan fingerprint density at radius 2 is 2.12 bits per heavy atom. The molecule has 48 valence electrons. The minimum absolute atomic E-state index is 1.06. The van der Waals surface area contributed by atoms with E-state index in [-0.39, 0.29) is 0 Å². The molecule has 0 heterocycles. The van der Waals surface area contributed by atoms with E-state index in [1.807, 2.05) is 9.24 Å². The molecular formula is C3H8NO3P. The number of rotatable bonds is 2. The second-order valence-corrected chi connectivity index (χ2v) is 2.04. The fourth-order valence-electron chi connectivity index (χ4n) is 0.146. The van der Waals surface area contributed by atoms with Gasteiger partial charge in [-0.1, -0.05) is 0 Å². The van der Waals surface area contributed by atoms with Crippen LogP contribution in [0.5, 0.6) is 0 Å². The molecule has 0 aliphatic rings. The van der Waals surface area contributed by atoms with Crippen LogP contribution < -0.4 is 5.73 Å². The fourth-order valence-corrected chi connectivity index (χ4v) is 0.311. The molecular weight excluding hydrogens is 129 g/mol. The van der Waals surface area contributed by atoms with E-state index in [0.29, 0.717) is 0 Å². The van der Waals surface area contributed by atoms with Gasteiger partial charge in [-0.25, -0.2) is 0 Å². The van der Waals surface area contributed by atoms with Gasteiger partial charge in [0.15, 0.2) is 0 Å². The zero-order valence-electron chi connectivity index (χ0n) is 4.11. The largest absolute Gasteiger partial charge is 0.480 e. The number of hydrogen-bond donors (Lipinski definition) is 3. The second kappa shape index (κ2) is 2.97. The van der Waals surface area contributed by atoms with E-state index >= 15 is 0 Å². The third-order valence-electron chi connectivity index (χ3n) is 0.653. The maximum absolute atomic E-state index is 9.84. The van der Waals surface area contributed by atoms with Crippen LogP contribution in [0, 0.1) is 0 Å². The van der Waals surface area contributed by atoms with Gasteiger partial charge in [-0.3, -0.25) is 4.79 Å². The van der Waals surface area contributed by atoms with Crippen molar-refractivity contribution in [2.24, 2.45) is 5.73 Å². The van der Waals surface area contributed by atoms with Gasteiger partial charge in [-0.15, -0.1) is 9.24 Å². The summed E-state index contributed by atoms with van der Waals surface area (Å²) in [5, 5.41) is 16.5. The maximum Gasteiger partial charge on any atom is 0.323 e. The molecule has 0 aromatic heterocycles. The molecule has 0 radical (unpaired) electrons. The Balaban J connectivity index is 3.64. The Kier molecular flexibility index (Phi) is 2.90. The van der Waals surface area contributed by atoms with Crippen LogP contribution >= 0.6 is 9.24 Å². The Hall–Kier alpha value is -0.180. The van der Waals surface area contributed by atoms with E-state index in [0.717, 1.165) is 0 Å². The van der Waals surface area contributed by atoms with Crippen molar-refractivity contribution in [3.8, 4) is 0 Å². The fraction of sp³-hybridized carbons (Fsp3) is 0.667. The average Bonchev–Trinajstić information content (AvgIpc) is 1.64. The van der Waals surface area contributed by atoms with Gasteiger partial charge < -0.3 is 15.9 Å². The van der Waals surface area contributed by atoms with E-state index in [1.165, 1.54) is 0 Å². The van der Waals surface area contributed by atoms with E-state index in [2.05, 4.69) is 0 Å². The van der Waals surface area contributed by atoms with Gasteiger partial charge in [0.2, 0.25) is 0 Å². The zero-order valence-corrected chi connectivity index (χ0v) is 5.27. The van der Waals surface area contributed by atoms with Crippen LogP contribution in [0.25, 0.3) is 0 Å². The quantitative estimate of drug-likeness (QED) is 0.408. The molecule has 5 heteroatoms. The summed E-state index contributed by atoms with van der Waals surface area (Å²) in [5.74, 6) is -2.26. The molecule has 0 saturated carbocycles. The molecule has 0 saturated heterocycles. The van der Waals surface area contributed by atoms with Crippen molar-refractivity contribution in [3.63, 3.8) is 0 Å². The van der Waals surface area contributed by atoms with Crippen molar-refractivity contribution >= 4 is 15.2 Å². The lowest BCUT2D eigenvalue weighted by atomic mass is 10.3. The number of aliphatic carboxylic acids is 1. The van der Waals surface area contributed by atoms with E-state index in [1.54, 1.807) is 0 Å². The lowest BCUT2D eigenvalue weighted by Gasteiger charge is -2.06. The summed E-state index contributed by atoms with van der Waals surface area (Å²) in [5.41, 5.74) is 4.89. The minimum atomic E-state index is -1.20. The van der Waals surface area contributed by atoms with Crippen molar-refractivity contribution in [1.29, 1.82) is 0 Å². The summed E-state index contributed by atoms with van der Waals surface area (Å²) < 4.78 is 0. The first kappa shape index (κ1) is 7.82. The van der Waals surface area contributed by atoms with Crippen molar-refractivity contribution in [1.82, 2.24) is 0 Å². The van der Waals surface area contributed by atoms with Crippen molar-refractivity contribution in [2.45, 2.75) is 11.9 Å². The smallest absolute Gasteiger partial charge is 0.323 e. The van der Waals surface area contributed by atoms with Gasteiger partial charge in [0.1, 0.15) is 6.04 Å². The molecule has 4 N–H and O–H groups in total. The van der Waals surface area contributed by atoms with Gasteiger partial charge in [-0.2, -0.15) is 0 Å². The Bertz CT molecular complexity index is 94.5. The highest BCUT2D eigenvalue weighted by Crippen LogP contribution is 1.97. The van der Waals surface area contributed by atoms with Crippen LogP contribution in [-0.2, 0) is 4.79 Å². The van der Waals surface area contributed by atoms with Crippen LogP contribution in [0.3, 0.4) is 0 Å². The van der Waals surface area contributed by atoms with Crippen molar-refractivity contribution in [2.75, 3.05) is 0 Å². The maximum atomic E-state index is 9.84. The number of carboxylic acids is 1. The molecule has 0 aliphatic carbocycles. The van der Waals surface area contributed by atoms with Gasteiger partial charge in [0.25, 0.3) is 0 Å². The topological polar surface area (TPSA) is 83.6 Å². The highest BCUT2D eigenvalue weighted by molar-refractivity contribution is 7.17. The molecule has 0 aliphatic heterocycles. The molecule has 3 atom stereocenters. The normalized spacial score (nSPS) is 17.4. The van der Waals surface area contributed by atoms with Gasteiger partial charge in [-0.05, 0) is 0 Å². The monoisotopic (exact) mass is 137 g/mol. The summed E-state index contributed by atoms with van der Waals surface area (Å²) in [4.78, 5) is 9.84. The standard InChI is InChI=1S/C3H8NO3P/c4-1(2(5)6)3(7)8/h1,3,7H,4,8H2,(H,5,6). The predicted octanol–water partition coefficient (Wildman–Crippen LogP) is -1.41. The van der Waals surface area contributed by atoms with E-state index in [9.17, 15) is 4.79 Å². The summed E-state index contributed by atoms with van der Waals surface area (Å²) in [6.07, 6.45) is 0. The minimum Gasteiger partial charge on any atom is -0.480 e. The third-order valence-corrected chi connectivity index (χ3v) is 1.07. The first-order valence-electron chi connectivity index (χ1n) is 1.97. The average molecular weight is 137 g/mol. The van der Waals surface area contributed by atoms with Crippen LogP contribution in [0.4, 0.5) is 0 Å². The lowest BCUT2D eigenvalue weighted by Crippen LogP contribution is -2.38. The van der Waals surface area contributed by atoms with Gasteiger partial charge in [0, 0.05) is 0 Å². The highest BCUT2D eigenvalue weighted by Gasteiger charge is 2.16. The molecule has 0 bridgehead atoms. The molecule has 0 aromatic rings. The van der Waals surface area contributed by atoms with E-state index < -0.39 is 17.9 Å². The number of nitrogens with two attached hydrogens (primary N) is 1. The Morgan fingerprint density at radius 3 is 2.12 bits per heavy atom. The summed E-state index contributed by atoms with van der Waals surface area (Å²) in [6.45, 7) is 0. The second-order valence-electron chi connectivity index (χ2n) is 1.35. The first-order valence-corrected chi connectivity index (χ1v) is 2.64. The molecule has 0 rings (SSSR count). The van der Waals surface area contributed by atoms with Crippen LogP contribution in [0.1, 0.15) is 0 Å². The summed E-state index contributed by atoms with van der Waals surface area (Å²) in [6, 6.07) is -1.19. The number of carbonyl (C=O) groups is 1. The number of carboxylic acid groups (broad SMARTS) is 1. The molecule has 0 spiro atoms. The number of aliphatic hydroxyl groups is 1. The van der Waals surface area contributed by atoms with Crippen LogP contribution in [0.2, 0.25) is 0 Å². The number of hydrogen-bond acceptors (Lipinski definition) is 3. The lowest BCUT2D eigenvalue weighted by molar-refractivity contribution is -0.139. The Labute approximate surface area is 48.9 Å². The summed E-state index contributed by atoms with van der Waals surface area (Å²) >= 11 is 0. The molecule has 4 nitrogen and oxygen atoms in total. The molecule has 8 heavy (non-hydrogen) atoms. The molecule has 0 amide bonds. The van der Waals surface area contributed by atoms with Crippen LogP contribution in [0.15, 0.2) is 0 Å². The predicted molar refractivity (Wildman–Crippen MR) is 31.3 cm³/mol. The van der Waals surface area contributed by atoms with Gasteiger partial charge in [0.05, 0.1) is 5.85 Å². The summed E-state index contributed by atoms with van der Waals surface area (Å²) in [7, 11) is 1.89. The number of aliphatic hydroxyl groups excluding tert-OH is 1. The SMILES string of the molecule is NC(C(=O)O)C(O)P. The molecule has 0 fully saturated rings. The van der Waals surface area contributed by atoms with Crippen molar-refractivity contribution in [3.05, 3.63) is 0 Å². The van der Waals surface area contributed by atoms with Crippen molar-refractivity contribution < 1.29 is 15.0 Å². The molecule has 0 aromatic carbocycles. The Morgan fingerprint density at radius 1 is 1.75 bits per heavy atom. The van der Waals surface area contributed by atoms with Gasteiger partial charge >= 0.3 is 5.97 Å². The molecule has 3 unspecified atom stereocenters.